The van der Waals surface area contributed by atoms with Gasteiger partial charge in [-0.1, -0.05) is 36.4 Å². The molecule has 3 aliphatic heterocycles. The zero-order valence-corrected chi connectivity index (χ0v) is 21.8. The summed E-state index contributed by atoms with van der Waals surface area (Å²) in [6.45, 7) is 2.23. The smallest absolute Gasteiger partial charge is 0.194 e. The Morgan fingerprint density at radius 2 is 1.65 bits per heavy atom. The first kappa shape index (κ1) is 25.4. The van der Waals surface area contributed by atoms with Crippen LogP contribution in [0.4, 0.5) is 4.39 Å². The van der Waals surface area contributed by atoms with E-state index in [4.69, 9.17) is 24.7 Å². The van der Waals surface area contributed by atoms with Crippen LogP contribution >= 0.6 is 0 Å². The Morgan fingerprint density at radius 3 is 2.40 bits per heavy atom. The normalized spacial score (nSPS) is 26.7. The molecule has 0 amide bonds. The van der Waals surface area contributed by atoms with E-state index in [0.29, 0.717) is 22.5 Å². The second-order valence-corrected chi connectivity index (χ2v) is 10.6. The molecule has 0 spiro atoms. The van der Waals surface area contributed by atoms with Gasteiger partial charge in [0.25, 0.3) is 0 Å². The van der Waals surface area contributed by atoms with Gasteiger partial charge in [-0.05, 0) is 49.2 Å². The van der Waals surface area contributed by atoms with Crippen LogP contribution < -0.4 is 20.5 Å². The first-order valence-corrected chi connectivity index (χ1v) is 13.6. The number of nitrogens with two attached hydrogens (primary N) is 1. The van der Waals surface area contributed by atoms with Crippen molar-refractivity contribution in [2.75, 3.05) is 26.3 Å². The highest BCUT2D eigenvalue weighted by Gasteiger charge is 2.59. The summed E-state index contributed by atoms with van der Waals surface area (Å²) in [5.41, 5.74) is 9.11. The number of aliphatic hydroxyl groups is 1. The Balaban J connectivity index is 1.07. The number of pyridine rings is 1. The van der Waals surface area contributed by atoms with E-state index in [1.165, 1.54) is 6.07 Å². The van der Waals surface area contributed by atoms with Crippen molar-refractivity contribution in [1.29, 1.82) is 0 Å². The average molecular weight is 547 g/mol. The second kappa shape index (κ2) is 10.1. The van der Waals surface area contributed by atoms with Crippen molar-refractivity contribution in [2.24, 2.45) is 5.73 Å². The lowest BCUT2D eigenvalue weighted by atomic mass is 10.0. The highest BCUT2D eigenvalue weighted by molar-refractivity contribution is 5.81. The Bertz CT molecular complexity index is 1510. The lowest BCUT2D eigenvalue weighted by molar-refractivity contribution is -0.0637. The molecule has 208 valence electrons. The van der Waals surface area contributed by atoms with Crippen LogP contribution in [0.2, 0.25) is 0 Å². The number of nitrogens with zero attached hydrogens (tertiary/aromatic N) is 1. The van der Waals surface area contributed by atoms with Crippen LogP contribution in [0.25, 0.3) is 33.4 Å². The topological polar surface area (TPSA) is 124 Å². The third-order valence-electron chi connectivity index (χ3n) is 7.96. The molecule has 10 heteroatoms. The predicted octanol–water partition coefficient (Wildman–Crippen LogP) is 3.36. The molecule has 5 N–H and O–H groups in total. The molecule has 4 atom stereocenters. The molecule has 4 aromatic rings. The summed E-state index contributed by atoms with van der Waals surface area (Å²) >= 11 is 0. The minimum Gasteiger partial charge on any atom is -0.490 e. The summed E-state index contributed by atoms with van der Waals surface area (Å²) in [6.07, 6.45) is 0.193. The van der Waals surface area contributed by atoms with Gasteiger partial charge in [-0.15, -0.1) is 0 Å². The number of fused-ring (bicyclic) bond motifs is 2. The molecule has 0 aliphatic carbocycles. The number of ether oxygens (including phenoxy) is 4. The molecular formula is C30H31FN4O5. The summed E-state index contributed by atoms with van der Waals surface area (Å²) in [7, 11) is 0. The van der Waals surface area contributed by atoms with Crippen LogP contribution in [0.1, 0.15) is 12.8 Å². The number of piperidine rings is 1. The lowest BCUT2D eigenvalue weighted by Crippen LogP contribution is -2.57. The second-order valence-electron chi connectivity index (χ2n) is 10.6. The number of hydrogen-bond acceptors (Lipinski definition) is 8. The van der Waals surface area contributed by atoms with Gasteiger partial charge in [-0.2, -0.15) is 0 Å². The van der Waals surface area contributed by atoms with Crippen LogP contribution in [-0.2, 0) is 9.47 Å². The standard InChI is InChI=1S/C30H31FN4O5/c31-22-13-23-24(14-27(34-23)40-26-16-37-29-25(36)15-38-30(26,29)32)35-28(22)19-3-1-17(2-4-19)18-5-7-20(8-6-18)39-21-9-11-33-12-10-21/h1-8,13-14,21,25-26,29,33-34,36H,9-12,15-16,32H2/t25-,26-,29-,30-/m1/s1. The molecular weight excluding hydrogens is 515 g/mol. The van der Waals surface area contributed by atoms with Crippen LogP contribution in [0, 0.1) is 5.82 Å². The average Bonchev–Trinajstić information content (AvgIpc) is 3.61. The first-order chi connectivity index (χ1) is 19.5. The number of nitrogens with one attached hydrogen (secondary N) is 2. The van der Waals surface area contributed by atoms with Crippen LogP contribution in [0.15, 0.2) is 60.7 Å². The van der Waals surface area contributed by atoms with E-state index in [-0.39, 0.29) is 25.0 Å². The predicted molar refractivity (Wildman–Crippen MR) is 146 cm³/mol. The van der Waals surface area contributed by atoms with Gasteiger partial charge in [-0.25, -0.2) is 9.37 Å². The van der Waals surface area contributed by atoms with Gasteiger partial charge in [0, 0.05) is 17.7 Å². The van der Waals surface area contributed by atoms with Gasteiger partial charge >= 0.3 is 0 Å². The Morgan fingerprint density at radius 1 is 0.950 bits per heavy atom. The SMILES string of the molecule is N[C@]12OC[C@@H](O)[C@H]1OC[C@H]2Oc1cc2nc(-c3ccc(-c4ccc(OC5CCNCC5)cc4)cc3)c(F)cc2[nH]1. The monoisotopic (exact) mass is 546 g/mol. The van der Waals surface area contributed by atoms with Crippen LogP contribution in [-0.4, -0.2) is 71.5 Å². The molecule has 0 saturated carbocycles. The quantitative estimate of drug-likeness (QED) is 0.290. The Labute approximate surface area is 230 Å². The van der Waals surface area contributed by atoms with Gasteiger partial charge in [-0.3, -0.25) is 5.73 Å². The fourth-order valence-electron chi connectivity index (χ4n) is 5.74. The maximum absolute atomic E-state index is 15.1. The lowest BCUT2D eigenvalue weighted by Gasteiger charge is -2.27. The molecule has 7 rings (SSSR count). The zero-order valence-electron chi connectivity index (χ0n) is 21.8. The van der Waals surface area contributed by atoms with Gasteiger partial charge in [0.15, 0.2) is 23.5 Å². The summed E-state index contributed by atoms with van der Waals surface area (Å²) < 4.78 is 38.4. The van der Waals surface area contributed by atoms with E-state index < -0.39 is 29.9 Å². The first-order valence-electron chi connectivity index (χ1n) is 13.6. The van der Waals surface area contributed by atoms with Gasteiger partial charge < -0.3 is 34.4 Å². The Kier molecular flexibility index (Phi) is 6.44. The molecule has 2 aromatic heterocycles. The van der Waals surface area contributed by atoms with E-state index in [0.717, 1.165) is 42.8 Å². The van der Waals surface area contributed by atoms with E-state index in [1.54, 1.807) is 6.07 Å². The summed E-state index contributed by atoms with van der Waals surface area (Å²) in [4.78, 5) is 7.61. The number of aromatic nitrogens is 2. The minimum atomic E-state index is -1.25. The number of halogens is 1. The van der Waals surface area contributed by atoms with Gasteiger partial charge in [0.1, 0.15) is 29.8 Å². The third kappa shape index (κ3) is 4.61. The maximum Gasteiger partial charge on any atom is 0.194 e. The van der Waals surface area contributed by atoms with Crippen molar-refractivity contribution in [1.82, 2.24) is 15.3 Å². The number of hydrogen-bond donors (Lipinski definition) is 4. The summed E-state index contributed by atoms with van der Waals surface area (Å²) in [5.74, 6) is 0.790. The van der Waals surface area contributed by atoms with E-state index >= 15 is 4.39 Å². The number of aromatic amines is 1. The fraction of sp³-hybridized carbons (Fsp3) is 0.367. The number of aliphatic hydroxyl groups excluding tert-OH is 1. The summed E-state index contributed by atoms with van der Waals surface area (Å²) in [5, 5.41) is 13.4. The molecule has 0 radical (unpaired) electrons. The summed E-state index contributed by atoms with van der Waals surface area (Å²) in [6, 6.07) is 18.8. The molecule has 0 unspecified atom stereocenters. The van der Waals surface area contributed by atoms with Crippen LogP contribution in [0.5, 0.6) is 11.6 Å². The maximum atomic E-state index is 15.1. The van der Waals surface area contributed by atoms with Crippen molar-refractivity contribution >= 4 is 11.0 Å². The van der Waals surface area contributed by atoms with E-state index in [1.807, 2.05) is 48.5 Å². The molecule has 3 fully saturated rings. The third-order valence-corrected chi connectivity index (χ3v) is 7.96. The van der Waals surface area contributed by atoms with Crippen molar-refractivity contribution in [3.8, 4) is 34.0 Å². The van der Waals surface area contributed by atoms with Gasteiger partial charge in [0.05, 0.1) is 24.2 Å². The largest absolute Gasteiger partial charge is 0.490 e. The molecule has 0 bridgehead atoms. The molecule has 40 heavy (non-hydrogen) atoms. The van der Waals surface area contributed by atoms with Crippen molar-refractivity contribution in [3.63, 3.8) is 0 Å². The van der Waals surface area contributed by atoms with Gasteiger partial charge in [0.2, 0.25) is 0 Å². The zero-order chi connectivity index (χ0) is 27.3. The molecule has 9 nitrogen and oxygen atoms in total. The molecule has 5 heterocycles. The molecule has 2 aromatic carbocycles. The van der Waals surface area contributed by atoms with Crippen molar-refractivity contribution in [3.05, 3.63) is 66.5 Å². The highest BCUT2D eigenvalue weighted by atomic mass is 19.1. The van der Waals surface area contributed by atoms with Crippen molar-refractivity contribution < 1.29 is 28.4 Å². The molecule has 3 saturated heterocycles. The Hall–Kier alpha value is -3.54. The molecule has 3 aliphatic rings. The van der Waals surface area contributed by atoms with Crippen molar-refractivity contribution in [2.45, 2.75) is 43.0 Å². The van der Waals surface area contributed by atoms with Crippen LogP contribution in [0.3, 0.4) is 0 Å². The highest BCUT2D eigenvalue weighted by Crippen LogP contribution is 2.36. The van der Waals surface area contributed by atoms with E-state index in [2.05, 4.69) is 15.3 Å². The minimum absolute atomic E-state index is 0.0842. The number of H-pyrrole nitrogens is 1. The fourth-order valence-corrected chi connectivity index (χ4v) is 5.74. The number of rotatable bonds is 6. The number of benzene rings is 2. The van der Waals surface area contributed by atoms with E-state index in [9.17, 15) is 5.11 Å².